The number of methoxy groups -OCH3 is 1. The number of hydrogen-bond donors (Lipinski definition) is 1. The molecule has 10 heteroatoms. The zero-order valence-corrected chi connectivity index (χ0v) is 22.6. The van der Waals surface area contributed by atoms with Gasteiger partial charge in [0.1, 0.15) is 12.2 Å². The van der Waals surface area contributed by atoms with Crippen LogP contribution in [0.3, 0.4) is 0 Å². The van der Waals surface area contributed by atoms with Crippen LogP contribution in [0.2, 0.25) is 0 Å². The second-order valence-corrected chi connectivity index (χ2v) is 9.10. The lowest BCUT2D eigenvalue weighted by Gasteiger charge is -2.31. The Kier molecular flexibility index (Phi) is 10.8. The molecule has 0 radical (unpaired) electrons. The van der Waals surface area contributed by atoms with Crippen LogP contribution in [0, 0.1) is 0 Å². The van der Waals surface area contributed by atoms with Gasteiger partial charge in [0, 0.05) is 17.6 Å². The number of carbonyl (C=O) groups is 3. The van der Waals surface area contributed by atoms with E-state index < -0.39 is 41.8 Å². The molecule has 1 N–H and O–H groups in total. The topological polar surface area (TPSA) is 127 Å². The van der Waals surface area contributed by atoms with E-state index in [0.29, 0.717) is 34.8 Å². The van der Waals surface area contributed by atoms with Gasteiger partial charge in [0.25, 0.3) is 0 Å². The molecule has 1 aliphatic rings. The number of aliphatic hydroxyl groups is 1. The van der Waals surface area contributed by atoms with E-state index in [9.17, 15) is 19.5 Å². The van der Waals surface area contributed by atoms with Crippen LogP contribution < -0.4 is 14.2 Å². The lowest BCUT2D eigenvalue weighted by atomic mass is 9.99. The minimum atomic E-state index is -2.14. The first-order valence-corrected chi connectivity index (χ1v) is 12.4. The molecule has 37 heavy (non-hydrogen) atoms. The van der Waals surface area contributed by atoms with E-state index in [4.69, 9.17) is 28.4 Å². The van der Waals surface area contributed by atoms with E-state index in [1.807, 2.05) is 6.92 Å². The summed E-state index contributed by atoms with van der Waals surface area (Å²) in [6.07, 6.45) is 0.950. The van der Waals surface area contributed by atoms with Gasteiger partial charge in [-0.25, -0.2) is 9.59 Å². The third-order valence-corrected chi connectivity index (χ3v) is 6.22. The molecule has 0 aliphatic carbocycles. The molecule has 1 aliphatic heterocycles. The summed E-state index contributed by atoms with van der Waals surface area (Å²) in [4.78, 5) is 37.7. The van der Waals surface area contributed by atoms with Gasteiger partial charge in [-0.05, 0) is 53.2 Å². The standard InChI is InChI=1S/C27H38O10/c1-8-10-11-12-22(28)36-18(5)27(6,31)26(30)35-17(4)23(37-25(29)16(3)9-2)19-13-20(32-7)24-21(14-19)33-15-34-24/h9,13-14,17-18,23,31H,8,10-12,15H2,1-7H3. The van der Waals surface area contributed by atoms with Gasteiger partial charge in [-0.2, -0.15) is 0 Å². The predicted octanol–water partition coefficient (Wildman–Crippen LogP) is 4.17. The number of rotatable bonds is 13. The molecule has 206 valence electrons. The second kappa shape index (κ2) is 13.3. The van der Waals surface area contributed by atoms with Gasteiger partial charge in [0.05, 0.1) is 7.11 Å². The van der Waals surface area contributed by atoms with Crippen molar-refractivity contribution in [2.24, 2.45) is 0 Å². The molecule has 1 heterocycles. The number of ether oxygens (including phenoxy) is 6. The molecule has 0 spiro atoms. The third kappa shape index (κ3) is 7.61. The van der Waals surface area contributed by atoms with Gasteiger partial charge >= 0.3 is 17.9 Å². The highest BCUT2D eigenvalue weighted by Gasteiger charge is 2.43. The van der Waals surface area contributed by atoms with E-state index in [2.05, 4.69) is 0 Å². The molecule has 2 rings (SSSR count). The molecule has 1 aromatic carbocycles. The van der Waals surface area contributed by atoms with E-state index in [1.54, 1.807) is 32.1 Å². The maximum absolute atomic E-state index is 13.0. The zero-order chi connectivity index (χ0) is 27.8. The van der Waals surface area contributed by atoms with E-state index in [0.717, 1.165) is 12.8 Å². The number of carbonyl (C=O) groups excluding carboxylic acids is 3. The first-order valence-electron chi connectivity index (χ1n) is 12.4. The Balaban J connectivity index is 2.25. The van der Waals surface area contributed by atoms with Gasteiger partial charge in [0.15, 0.2) is 23.2 Å². The summed E-state index contributed by atoms with van der Waals surface area (Å²) in [7, 11) is 1.46. The average Bonchev–Trinajstić information content (AvgIpc) is 3.34. The number of benzene rings is 1. The molecule has 0 saturated carbocycles. The summed E-state index contributed by atoms with van der Waals surface area (Å²) < 4.78 is 32.8. The quantitative estimate of drug-likeness (QED) is 0.174. The van der Waals surface area contributed by atoms with Crippen molar-refractivity contribution < 1.29 is 47.9 Å². The first-order chi connectivity index (χ1) is 17.5. The van der Waals surface area contributed by atoms with Crippen LogP contribution in [0.15, 0.2) is 23.8 Å². The van der Waals surface area contributed by atoms with Crippen LogP contribution >= 0.6 is 0 Å². The molecule has 0 amide bonds. The monoisotopic (exact) mass is 522 g/mol. The lowest BCUT2D eigenvalue weighted by Crippen LogP contribution is -2.49. The lowest BCUT2D eigenvalue weighted by molar-refractivity contribution is -0.193. The highest BCUT2D eigenvalue weighted by molar-refractivity contribution is 5.88. The largest absolute Gasteiger partial charge is 0.493 e. The van der Waals surface area contributed by atoms with Crippen LogP contribution in [-0.2, 0) is 28.6 Å². The van der Waals surface area contributed by atoms with Crippen LogP contribution in [0.1, 0.15) is 78.9 Å². The van der Waals surface area contributed by atoms with Crippen molar-refractivity contribution in [3.63, 3.8) is 0 Å². The Morgan fingerprint density at radius 1 is 1.14 bits per heavy atom. The number of allylic oxidation sites excluding steroid dienone is 1. The Labute approximate surface area is 217 Å². The Morgan fingerprint density at radius 3 is 2.46 bits per heavy atom. The summed E-state index contributed by atoms with van der Waals surface area (Å²) in [6, 6.07) is 3.20. The zero-order valence-electron chi connectivity index (χ0n) is 22.6. The molecule has 4 atom stereocenters. The van der Waals surface area contributed by atoms with Crippen molar-refractivity contribution in [1.82, 2.24) is 0 Å². The maximum atomic E-state index is 13.0. The fourth-order valence-electron chi connectivity index (χ4n) is 3.48. The fourth-order valence-corrected chi connectivity index (χ4v) is 3.48. The van der Waals surface area contributed by atoms with Crippen LogP contribution in [0.4, 0.5) is 0 Å². The van der Waals surface area contributed by atoms with Crippen molar-refractivity contribution in [3.8, 4) is 17.2 Å². The highest BCUT2D eigenvalue weighted by atomic mass is 16.7. The summed E-state index contributed by atoms with van der Waals surface area (Å²) in [5.41, 5.74) is -1.37. The molecule has 0 aromatic heterocycles. The van der Waals surface area contributed by atoms with Gasteiger partial charge in [-0.15, -0.1) is 0 Å². The first kappa shape index (κ1) is 30.0. The smallest absolute Gasteiger partial charge is 0.342 e. The van der Waals surface area contributed by atoms with E-state index in [-0.39, 0.29) is 13.2 Å². The highest BCUT2D eigenvalue weighted by Crippen LogP contribution is 2.44. The van der Waals surface area contributed by atoms with Crippen molar-refractivity contribution in [1.29, 1.82) is 0 Å². The molecular weight excluding hydrogens is 484 g/mol. The minimum absolute atomic E-state index is 0.000257. The fraction of sp³-hybridized carbons (Fsp3) is 0.593. The summed E-state index contributed by atoms with van der Waals surface area (Å²) in [5.74, 6) is -1.03. The van der Waals surface area contributed by atoms with Gasteiger partial charge in [-0.1, -0.05) is 25.8 Å². The van der Waals surface area contributed by atoms with Crippen LogP contribution in [-0.4, -0.2) is 54.7 Å². The number of unbranched alkanes of at least 4 members (excludes halogenated alkanes) is 2. The molecule has 0 bridgehead atoms. The van der Waals surface area contributed by atoms with Crippen molar-refractivity contribution in [2.45, 2.75) is 91.1 Å². The Morgan fingerprint density at radius 2 is 1.84 bits per heavy atom. The Bertz CT molecular complexity index is 997. The SMILES string of the molecule is CC=C(C)C(=O)OC(c1cc(OC)c2c(c1)OCO2)C(C)OC(=O)C(C)(O)C(C)OC(=O)CCCCC. The van der Waals surface area contributed by atoms with Gasteiger partial charge in [-0.3, -0.25) is 4.79 Å². The maximum Gasteiger partial charge on any atom is 0.342 e. The normalized spacial score (nSPS) is 16.7. The molecular formula is C27H38O10. The second-order valence-electron chi connectivity index (χ2n) is 9.10. The molecule has 1 aromatic rings. The third-order valence-electron chi connectivity index (χ3n) is 6.22. The number of hydrogen-bond acceptors (Lipinski definition) is 10. The van der Waals surface area contributed by atoms with Crippen LogP contribution in [0.5, 0.6) is 17.2 Å². The summed E-state index contributed by atoms with van der Waals surface area (Å²) in [5, 5.41) is 10.9. The minimum Gasteiger partial charge on any atom is -0.493 e. The summed E-state index contributed by atoms with van der Waals surface area (Å²) >= 11 is 0. The average molecular weight is 523 g/mol. The summed E-state index contributed by atoms with van der Waals surface area (Å²) in [6.45, 7) is 9.45. The molecule has 0 fully saturated rings. The van der Waals surface area contributed by atoms with Gasteiger partial charge in [0.2, 0.25) is 12.5 Å². The van der Waals surface area contributed by atoms with Crippen molar-refractivity contribution >= 4 is 17.9 Å². The predicted molar refractivity (Wildman–Crippen MR) is 133 cm³/mol. The Hall–Kier alpha value is -3.27. The number of fused-ring (bicyclic) bond motifs is 1. The molecule has 0 saturated heterocycles. The van der Waals surface area contributed by atoms with Crippen molar-refractivity contribution in [3.05, 3.63) is 29.3 Å². The van der Waals surface area contributed by atoms with E-state index >= 15 is 0 Å². The molecule has 4 unspecified atom stereocenters. The number of esters is 3. The van der Waals surface area contributed by atoms with Crippen molar-refractivity contribution in [2.75, 3.05) is 13.9 Å². The molecule has 10 nitrogen and oxygen atoms in total. The van der Waals surface area contributed by atoms with Crippen LogP contribution in [0.25, 0.3) is 0 Å². The van der Waals surface area contributed by atoms with E-state index in [1.165, 1.54) is 27.9 Å². The van der Waals surface area contributed by atoms with Gasteiger partial charge < -0.3 is 33.5 Å².